The van der Waals surface area contributed by atoms with Crippen molar-refractivity contribution in [3.8, 4) is 17.2 Å². The highest BCUT2D eigenvalue weighted by Gasteiger charge is 2.00. The third-order valence-electron chi connectivity index (χ3n) is 1.24. The second kappa shape index (κ2) is 3.14. The fourth-order valence-corrected chi connectivity index (χ4v) is 0.783. The molecule has 0 saturated heterocycles. The van der Waals surface area contributed by atoms with E-state index < -0.39 is 0 Å². The lowest BCUT2D eigenvalue weighted by Gasteiger charge is -2.04. The summed E-state index contributed by atoms with van der Waals surface area (Å²) in [5, 5.41) is 18.0. The molecule has 0 saturated carbocycles. The molecular weight excluding hydrogens is 144 g/mol. The van der Waals surface area contributed by atoms with E-state index in [-0.39, 0.29) is 11.5 Å². The fraction of sp³-hybridized carbons (Fsp3) is 0.250. The summed E-state index contributed by atoms with van der Waals surface area (Å²) in [7, 11) is 0. The topological polar surface area (TPSA) is 49.7 Å². The van der Waals surface area contributed by atoms with Crippen molar-refractivity contribution in [3.05, 3.63) is 18.2 Å². The Morgan fingerprint density at radius 3 is 2.64 bits per heavy atom. The van der Waals surface area contributed by atoms with Crippen molar-refractivity contribution in [1.82, 2.24) is 0 Å². The predicted molar refractivity (Wildman–Crippen MR) is 40.9 cm³/mol. The third-order valence-corrected chi connectivity index (χ3v) is 1.24. The van der Waals surface area contributed by atoms with Crippen LogP contribution in [0.4, 0.5) is 0 Å². The molecule has 0 atom stereocenters. The molecular formula is C8H10O3. The number of hydrogen-bond donors (Lipinski definition) is 2. The molecule has 1 aromatic rings. The first-order valence-corrected chi connectivity index (χ1v) is 3.39. The Labute approximate surface area is 64.9 Å². The summed E-state index contributed by atoms with van der Waals surface area (Å²) in [5.41, 5.74) is 0. The molecule has 60 valence electrons. The maximum Gasteiger partial charge on any atom is 0.161 e. The molecule has 0 aliphatic rings. The molecule has 0 spiro atoms. The zero-order valence-electron chi connectivity index (χ0n) is 6.24. The predicted octanol–water partition coefficient (Wildman–Crippen LogP) is 1.50. The van der Waals surface area contributed by atoms with E-state index in [9.17, 15) is 0 Å². The minimum atomic E-state index is -0.0353. The molecule has 0 radical (unpaired) electrons. The summed E-state index contributed by atoms with van der Waals surface area (Å²) in [6.45, 7) is 2.32. The highest BCUT2D eigenvalue weighted by Crippen LogP contribution is 2.29. The zero-order valence-corrected chi connectivity index (χ0v) is 6.24. The van der Waals surface area contributed by atoms with Crippen molar-refractivity contribution >= 4 is 0 Å². The number of rotatable bonds is 2. The SMILES string of the molecule is CCOc1ccc(O)cc1O. The van der Waals surface area contributed by atoms with Gasteiger partial charge in [0.15, 0.2) is 11.5 Å². The van der Waals surface area contributed by atoms with E-state index in [1.54, 1.807) is 0 Å². The second-order valence-electron chi connectivity index (χ2n) is 2.09. The van der Waals surface area contributed by atoms with Gasteiger partial charge in [0.1, 0.15) is 5.75 Å². The minimum absolute atomic E-state index is 0.0333. The van der Waals surface area contributed by atoms with Crippen LogP contribution in [0.25, 0.3) is 0 Å². The van der Waals surface area contributed by atoms with E-state index in [2.05, 4.69) is 0 Å². The van der Waals surface area contributed by atoms with Gasteiger partial charge in [-0.25, -0.2) is 0 Å². The van der Waals surface area contributed by atoms with Gasteiger partial charge in [-0.1, -0.05) is 0 Å². The molecule has 0 aromatic heterocycles. The van der Waals surface area contributed by atoms with Crippen LogP contribution in [0.2, 0.25) is 0 Å². The summed E-state index contributed by atoms with van der Waals surface area (Å²) in [6, 6.07) is 4.23. The lowest BCUT2D eigenvalue weighted by Crippen LogP contribution is -1.90. The molecule has 1 aromatic carbocycles. The highest BCUT2D eigenvalue weighted by molar-refractivity contribution is 5.43. The number of benzene rings is 1. The smallest absolute Gasteiger partial charge is 0.161 e. The average molecular weight is 154 g/mol. The van der Waals surface area contributed by atoms with Gasteiger partial charge < -0.3 is 14.9 Å². The lowest BCUT2D eigenvalue weighted by atomic mass is 10.3. The van der Waals surface area contributed by atoms with Crippen LogP contribution in [-0.2, 0) is 0 Å². The van der Waals surface area contributed by atoms with E-state index in [1.807, 2.05) is 6.92 Å². The Morgan fingerprint density at radius 2 is 2.09 bits per heavy atom. The zero-order chi connectivity index (χ0) is 8.27. The number of phenols is 2. The van der Waals surface area contributed by atoms with Gasteiger partial charge in [-0.2, -0.15) is 0 Å². The van der Waals surface area contributed by atoms with E-state index in [4.69, 9.17) is 14.9 Å². The van der Waals surface area contributed by atoms with Crippen LogP contribution in [0.3, 0.4) is 0 Å². The monoisotopic (exact) mass is 154 g/mol. The molecule has 0 bridgehead atoms. The summed E-state index contributed by atoms with van der Waals surface area (Å²) in [6.07, 6.45) is 0. The molecule has 0 fully saturated rings. The normalized spacial score (nSPS) is 9.55. The highest BCUT2D eigenvalue weighted by atomic mass is 16.5. The number of ether oxygens (including phenoxy) is 1. The maximum absolute atomic E-state index is 9.14. The molecule has 2 N–H and O–H groups in total. The van der Waals surface area contributed by atoms with Gasteiger partial charge in [0.2, 0.25) is 0 Å². The standard InChI is InChI=1S/C8H10O3/c1-2-11-8-4-3-6(9)5-7(8)10/h3-5,9-10H,2H2,1H3. The van der Waals surface area contributed by atoms with Crippen LogP contribution in [0.5, 0.6) is 17.2 Å². The van der Waals surface area contributed by atoms with Crippen LogP contribution >= 0.6 is 0 Å². The molecule has 3 heteroatoms. The molecule has 1 rings (SSSR count). The molecule has 0 aliphatic heterocycles. The van der Waals surface area contributed by atoms with Crippen LogP contribution in [0.15, 0.2) is 18.2 Å². The average Bonchev–Trinajstić information content (AvgIpc) is 1.95. The summed E-state index contributed by atoms with van der Waals surface area (Å²) < 4.78 is 5.03. The largest absolute Gasteiger partial charge is 0.508 e. The second-order valence-corrected chi connectivity index (χ2v) is 2.09. The van der Waals surface area contributed by atoms with Crippen LogP contribution < -0.4 is 4.74 Å². The quantitative estimate of drug-likeness (QED) is 0.678. The molecule has 11 heavy (non-hydrogen) atoms. The third kappa shape index (κ3) is 1.77. The molecule has 3 nitrogen and oxygen atoms in total. The van der Waals surface area contributed by atoms with Gasteiger partial charge in [0, 0.05) is 6.07 Å². The Hall–Kier alpha value is -1.38. The van der Waals surface area contributed by atoms with Crippen molar-refractivity contribution in [2.24, 2.45) is 0 Å². The number of hydrogen-bond acceptors (Lipinski definition) is 3. The summed E-state index contributed by atoms with van der Waals surface area (Å²) in [4.78, 5) is 0. The van der Waals surface area contributed by atoms with Crippen molar-refractivity contribution in [2.45, 2.75) is 6.92 Å². The minimum Gasteiger partial charge on any atom is -0.508 e. The van der Waals surface area contributed by atoms with E-state index in [0.29, 0.717) is 12.4 Å². The van der Waals surface area contributed by atoms with Gasteiger partial charge in [-0.05, 0) is 19.1 Å². The van der Waals surface area contributed by atoms with E-state index >= 15 is 0 Å². The number of aromatic hydroxyl groups is 2. The van der Waals surface area contributed by atoms with Gasteiger partial charge in [-0.15, -0.1) is 0 Å². The summed E-state index contributed by atoms with van der Waals surface area (Å²) in [5.74, 6) is 0.392. The lowest BCUT2D eigenvalue weighted by molar-refractivity contribution is 0.316. The van der Waals surface area contributed by atoms with E-state index in [1.165, 1.54) is 18.2 Å². The van der Waals surface area contributed by atoms with Gasteiger partial charge in [-0.3, -0.25) is 0 Å². The van der Waals surface area contributed by atoms with Crippen molar-refractivity contribution in [2.75, 3.05) is 6.61 Å². The Bertz CT molecular complexity index is 245. The first-order valence-electron chi connectivity index (χ1n) is 3.39. The van der Waals surface area contributed by atoms with Crippen molar-refractivity contribution in [3.63, 3.8) is 0 Å². The summed E-state index contributed by atoms with van der Waals surface area (Å²) >= 11 is 0. The molecule has 0 unspecified atom stereocenters. The molecule has 0 heterocycles. The fourth-order valence-electron chi connectivity index (χ4n) is 0.783. The Balaban J connectivity index is 2.90. The molecule has 0 amide bonds. The van der Waals surface area contributed by atoms with Crippen molar-refractivity contribution < 1.29 is 14.9 Å². The van der Waals surface area contributed by atoms with Gasteiger partial charge in [0.25, 0.3) is 0 Å². The Morgan fingerprint density at radius 1 is 1.36 bits per heavy atom. The number of phenolic OH excluding ortho intramolecular Hbond substituents is 2. The van der Waals surface area contributed by atoms with Crippen LogP contribution in [0.1, 0.15) is 6.92 Å². The van der Waals surface area contributed by atoms with Crippen LogP contribution in [-0.4, -0.2) is 16.8 Å². The first-order chi connectivity index (χ1) is 5.24. The van der Waals surface area contributed by atoms with Gasteiger partial charge in [0.05, 0.1) is 6.61 Å². The Kier molecular flexibility index (Phi) is 2.21. The first kappa shape index (κ1) is 7.72. The maximum atomic E-state index is 9.14. The van der Waals surface area contributed by atoms with Crippen molar-refractivity contribution in [1.29, 1.82) is 0 Å². The van der Waals surface area contributed by atoms with Crippen LogP contribution in [0, 0.1) is 0 Å². The molecule has 0 aliphatic carbocycles. The van der Waals surface area contributed by atoms with E-state index in [0.717, 1.165) is 0 Å². The van der Waals surface area contributed by atoms with Gasteiger partial charge >= 0.3 is 0 Å².